The number of carbonyl (C=O) groups excluding carboxylic acids is 2. The molecule has 0 saturated carbocycles. The van der Waals surface area contributed by atoms with Gasteiger partial charge in [-0.2, -0.15) is 0 Å². The van der Waals surface area contributed by atoms with Crippen molar-refractivity contribution in [3.63, 3.8) is 0 Å². The number of rotatable bonds is 10. The van der Waals surface area contributed by atoms with E-state index in [0.29, 0.717) is 0 Å². The van der Waals surface area contributed by atoms with Crippen LogP contribution in [0.2, 0.25) is 0 Å². The Kier molecular flexibility index (Phi) is 14.7. The fraction of sp³-hybridized carbons (Fsp3) is 0.833. The number of aliphatic hydroxyl groups excluding tert-OH is 10. The van der Waals surface area contributed by atoms with Crippen molar-refractivity contribution >= 4 is 51.0 Å². The Morgan fingerprint density at radius 3 is 1.15 bits per heavy atom. The van der Waals surface area contributed by atoms with Gasteiger partial charge in [-0.25, -0.2) is 9.59 Å². The van der Waals surface area contributed by atoms with Gasteiger partial charge in [0.25, 0.3) is 0 Å². The van der Waals surface area contributed by atoms with Gasteiger partial charge in [0.15, 0.2) is 12.2 Å². The van der Waals surface area contributed by atoms with E-state index in [4.69, 9.17) is 20.4 Å². The number of carbonyl (C=O) groups is 2. The molecule has 0 saturated heterocycles. The molecular weight excluding hydrogens is 407 g/mol. The first-order valence-corrected chi connectivity index (χ1v) is 8.22. The topological polar surface area (TPSA) is 259 Å². The van der Waals surface area contributed by atoms with E-state index < -0.39 is 83.5 Å². The van der Waals surface area contributed by atoms with Crippen LogP contribution >= 0.6 is 0 Å². The summed E-state index contributed by atoms with van der Waals surface area (Å²) in [6.07, 6.45) is -18.7. The molecule has 27 heavy (non-hydrogen) atoms. The van der Waals surface area contributed by atoms with Crippen LogP contribution in [-0.4, -0.2) is 157 Å². The third-order valence-corrected chi connectivity index (χ3v) is 4.57. The SMILES string of the molecule is O=C([C@H](O)[C@@H](O)[C@H](O)[C@H](O)CO)[S+]([O-])C(=O)[C@H](O)[C@@H](O)[C@H](O)[C@H](O)CO.[NaH]. The zero-order chi connectivity index (χ0) is 20.8. The van der Waals surface area contributed by atoms with E-state index in [-0.39, 0.29) is 29.6 Å². The molecule has 0 unspecified atom stereocenters. The summed E-state index contributed by atoms with van der Waals surface area (Å²) in [4.78, 5) is 23.4. The van der Waals surface area contributed by atoms with Crippen molar-refractivity contribution < 1.29 is 65.2 Å². The predicted octanol–water partition coefficient (Wildman–Crippen LogP) is -7.99. The van der Waals surface area contributed by atoms with Crippen LogP contribution in [0.25, 0.3) is 0 Å². The molecule has 0 aliphatic heterocycles. The molecule has 15 heteroatoms. The van der Waals surface area contributed by atoms with E-state index in [2.05, 4.69) is 0 Å². The molecular formula is C12H23NaO13S. The zero-order valence-corrected chi connectivity index (χ0v) is 14.0. The molecule has 0 aromatic carbocycles. The molecule has 156 valence electrons. The van der Waals surface area contributed by atoms with Gasteiger partial charge in [0.05, 0.1) is 13.2 Å². The van der Waals surface area contributed by atoms with Gasteiger partial charge in [0.2, 0.25) is 0 Å². The first-order valence-electron chi connectivity index (χ1n) is 7.08. The Morgan fingerprint density at radius 2 is 0.926 bits per heavy atom. The summed E-state index contributed by atoms with van der Waals surface area (Å²) in [5.41, 5.74) is 0. The van der Waals surface area contributed by atoms with Gasteiger partial charge >= 0.3 is 39.8 Å². The zero-order valence-electron chi connectivity index (χ0n) is 13.1. The second-order valence-corrected chi connectivity index (χ2v) is 6.60. The van der Waals surface area contributed by atoms with Crippen LogP contribution in [0.15, 0.2) is 0 Å². The van der Waals surface area contributed by atoms with Gasteiger partial charge in [-0.05, 0) is 0 Å². The van der Waals surface area contributed by atoms with E-state index in [0.717, 1.165) is 0 Å². The first-order chi connectivity index (χ1) is 11.9. The van der Waals surface area contributed by atoms with Gasteiger partial charge in [0.1, 0.15) is 47.8 Å². The van der Waals surface area contributed by atoms with Crippen molar-refractivity contribution in [2.24, 2.45) is 0 Å². The fourth-order valence-electron chi connectivity index (χ4n) is 1.64. The fourth-order valence-corrected chi connectivity index (χ4v) is 2.56. The summed E-state index contributed by atoms with van der Waals surface area (Å²) in [5, 5.41) is 88.3. The summed E-state index contributed by atoms with van der Waals surface area (Å²) >= 11 is -3.38. The van der Waals surface area contributed by atoms with Gasteiger partial charge in [0, 0.05) is 0 Å². The first kappa shape index (κ1) is 29.5. The molecule has 0 aliphatic carbocycles. The Labute approximate surface area is 178 Å². The molecule has 0 amide bonds. The summed E-state index contributed by atoms with van der Waals surface area (Å²) in [7, 11) is 0. The molecule has 0 spiro atoms. The molecule has 0 aliphatic rings. The van der Waals surface area contributed by atoms with Crippen LogP contribution in [0.3, 0.4) is 0 Å². The molecule has 8 atom stereocenters. The van der Waals surface area contributed by atoms with Crippen LogP contribution in [0.1, 0.15) is 0 Å². The average molecular weight is 430 g/mol. The van der Waals surface area contributed by atoms with Crippen molar-refractivity contribution in [1.29, 1.82) is 0 Å². The molecule has 0 rings (SSSR count). The van der Waals surface area contributed by atoms with E-state index in [1.807, 2.05) is 0 Å². The average Bonchev–Trinajstić information content (AvgIpc) is 2.66. The van der Waals surface area contributed by atoms with Crippen molar-refractivity contribution in [3.05, 3.63) is 0 Å². The Balaban J connectivity index is 0. The van der Waals surface area contributed by atoms with Gasteiger partial charge < -0.3 is 55.6 Å². The molecule has 0 radical (unpaired) electrons. The van der Waals surface area contributed by atoms with Crippen LogP contribution < -0.4 is 0 Å². The summed E-state index contributed by atoms with van der Waals surface area (Å²) in [5.74, 6) is 0. The van der Waals surface area contributed by atoms with Gasteiger partial charge in [-0.3, -0.25) is 0 Å². The Bertz CT molecular complexity index is 429. The second kappa shape index (κ2) is 13.5. The van der Waals surface area contributed by atoms with Crippen molar-refractivity contribution in [1.82, 2.24) is 0 Å². The van der Waals surface area contributed by atoms with Crippen LogP contribution in [0, 0.1) is 0 Å². The van der Waals surface area contributed by atoms with Crippen molar-refractivity contribution in [3.8, 4) is 0 Å². The molecule has 13 nitrogen and oxygen atoms in total. The predicted molar refractivity (Wildman–Crippen MR) is 87.5 cm³/mol. The van der Waals surface area contributed by atoms with Crippen LogP contribution in [0.4, 0.5) is 0 Å². The van der Waals surface area contributed by atoms with Gasteiger partial charge in [-0.1, -0.05) is 0 Å². The number of hydrogen-bond donors (Lipinski definition) is 10. The maximum atomic E-state index is 11.7. The minimum absolute atomic E-state index is 0. The van der Waals surface area contributed by atoms with E-state index in [1.165, 1.54) is 0 Å². The van der Waals surface area contributed by atoms with Crippen LogP contribution in [0.5, 0.6) is 0 Å². The van der Waals surface area contributed by atoms with E-state index in [9.17, 15) is 44.8 Å². The van der Waals surface area contributed by atoms with E-state index in [1.54, 1.807) is 0 Å². The Hall–Kier alpha value is 0.250. The third-order valence-electron chi connectivity index (χ3n) is 3.36. The second-order valence-electron chi connectivity index (χ2n) is 5.26. The number of hydrogen-bond acceptors (Lipinski definition) is 13. The number of aliphatic hydroxyl groups is 10. The van der Waals surface area contributed by atoms with Gasteiger partial charge in [-0.15, -0.1) is 0 Å². The molecule has 0 heterocycles. The third kappa shape index (κ3) is 7.88. The molecule has 0 aromatic heterocycles. The Morgan fingerprint density at radius 1 is 0.667 bits per heavy atom. The molecule has 0 aromatic rings. The summed E-state index contributed by atoms with van der Waals surface area (Å²) in [6.45, 7) is -2.12. The normalized spacial score (nSPS) is 20.6. The monoisotopic (exact) mass is 430 g/mol. The molecule has 0 fully saturated rings. The summed E-state index contributed by atoms with van der Waals surface area (Å²) in [6, 6.07) is 0. The molecule has 10 N–H and O–H groups in total. The van der Waals surface area contributed by atoms with Crippen LogP contribution in [-0.2, 0) is 20.8 Å². The quantitative estimate of drug-likeness (QED) is 0.114. The van der Waals surface area contributed by atoms with E-state index >= 15 is 0 Å². The minimum atomic E-state index is -3.38. The van der Waals surface area contributed by atoms with Crippen molar-refractivity contribution in [2.45, 2.75) is 48.8 Å². The standard InChI is InChI=1S/C12H22O13S.Na.H/c13-1-3(15)5(17)7(19)9(21)11(23)26(25)12(24)10(22)8(20)6(18)4(16)2-14;;/h3-10,13-22H,1-2H2;;/t3-,4-,5-,6-,7+,8+,9-,10-;;/m1../s1. The summed E-state index contributed by atoms with van der Waals surface area (Å²) < 4.78 is 11.7. The molecule has 0 bridgehead atoms. The maximum absolute atomic E-state index is 11.7. The van der Waals surface area contributed by atoms with Crippen molar-refractivity contribution in [2.75, 3.05) is 13.2 Å².